The van der Waals surface area contributed by atoms with Crippen molar-refractivity contribution in [2.75, 3.05) is 0 Å². The summed E-state index contributed by atoms with van der Waals surface area (Å²) < 4.78 is 39.1. The zero-order valence-electron chi connectivity index (χ0n) is 10.3. The molecule has 1 aromatic carbocycles. The molecule has 2 aromatic rings. The predicted octanol–water partition coefficient (Wildman–Crippen LogP) is 4.66. The van der Waals surface area contributed by atoms with Crippen LogP contribution in [0.4, 0.5) is 13.2 Å². The first kappa shape index (κ1) is 15.2. The van der Waals surface area contributed by atoms with E-state index in [1.807, 2.05) is 0 Å². The number of carbonyl (C=O) groups is 1. The molecular weight excluding hydrogens is 355 g/mol. The van der Waals surface area contributed by atoms with Gasteiger partial charge in [-0.15, -0.1) is 11.3 Å². The van der Waals surface area contributed by atoms with Gasteiger partial charge in [-0.1, -0.05) is 15.9 Å². The minimum Gasteiger partial charge on any atom is -0.294 e. The monoisotopic (exact) mass is 363 g/mol. The third kappa shape index (κ3) is 3.46. The van der Waals surface area contributed by atoms with E-state index in [2.05, 4.69) is 20.9 Å². The van der Waals surface area contributed by atoms with Crippen LogP contribution >= 0.6 is 27.3 Å². The Bertz CT molecular complexity index is 651. The van der Waals surface area contributed by atoms with Crippen LogP contribution in [0.15, 0.2) is 28.1 Å². The van der Waals surface area contributed by atoms with E-state index in [0.717, 1.165) is 11.8 Å². The maximum Gasteiger partial charge on any atom is 0.417 e. The number of carbonyl (C=O) groups excluding carboxylic acids is 1. The number of benzene rings is 1. The van der Waals surface area contributed by atoms with Crippen molar-refractivity contribution in [3.63, 3.8) is 0 Å². The lowest BCUT2D eigenvalue weighted by Crippen LogP contribution is -2.14. The average Bonchev–Trinajstić information content (AvgIpc) is 2.73. The van der Waals surface area contributed by atoms with Gasteiger partial charge in [0.15, 0.2) is 5.78 Å². The second-order valence-electron chi connectivity index (χ2n) is 4.17. The Morgan fingerprint density at radius 3 is 2.65 bits per heavy atom. The van der Waals surface area contributed by atoms with Gasteiger partial charge in [-0.05, 0) is 25.1 Å². The number of hydrogen-bond acceptors (Lipinski definition) is 3. The normalized spacial score (nSPS) is 11.7. The highest BCUT2D eigenvalue weighted by Crippen LogP contribution is 2.34. The minimum absolute atomic E-state index is 0.122. The van der Waals surface area contributed by atoms with Crippen LogP contribution in [0.3, 0.4) is 0 Å². The lowest BCUT2D eigenvalue weighted by atomic mass is 10.0. The van der Waals surface area contributed by atoms with Crippen molar-refractivity contribution in [2.45, 2.75) is 19.5 Å². The highest BCUT2D eigenvalue weighted by Gasteiger charge is 2.35. The summed E-state index contributed by atoms with van der Waals surface area (Å²) in [6, 6.07) is 3.53. The van der Waals surface area contributed by atoms with Gasteiger partial charge in [0, 0.05) is 21.1 Å². The molecule has 0 amide bonds. The van der Waals surface area contributed by atoms with Gasteiger partial charge in [-0.3, -0.25) is 4.79 Å². The molecule has 0 radical (unpaired) electrons. The molecule has 0 aliphatic heterocycles. The van der Waals surface area contributed by atoms with Crippen LogP contribution in [0.2, 0.25) is 0 Å². The first-order chi connectivity index (χ1) is 9.27. The average molecular weight is 364 g/mol. The summed E-state index contributed by atoms with van der Waals surface area (Å²) in [6.45, 7) is 1.77. The van der Waals surface area contributed by atoms with Crippen molar-refractivity contribution < 1.29 is 18.0 Å². The van der Waals surface area contributed by atoms with E-state index in [1.165, 1.54) is 23.5 Å². The summed E-state index contributed by atoms with van der Waals surface area (Å²) in [5.41, 5.74) is -0.497. The summed E-state index contributed by atoms with van der Waals surface area (Å²) >= 11 is 4.25. The fourth-order valence-corrected chi connectivity index (χ4v) is 2.84. The van der Waals surface area contributed by atoms with Crippen LogP contribution in [0.25, 0.3) is 0 Å². The van der Waals surface area contributed by atoms with Crippen LogP contribution < -0.4 is 0 Å². The van der Waals surface area contributed by atoms with Crippen molar-refractivity contribution in [1.29, 1.82) is 0 Å². The number of nitrogens with zero attached hydrogens (tertiary/aromatic N) is 1. The van der Waals surface area contributed by atoms with E-state index in [4.69, 9.17) is 0 Å². The van der Waals surface area contributed by atoms with Gasteiger partial charge in [0.05, 0.1) is 12.0 Å². The van der Waals surface area contributed by atoms with E-state index >= 15 is 0 Å². The number of alkyl halides is 3. The number of ketones is 1. The van der Waals surface area contributed by atoms with E-state index < -0.39 is 17.5 Å². The fraction of sp³-hybridized carbons (Fsp3) is 0.231. The predicted molar refractivity (Wildman–Crippen MR) is 74.0 cm³/mol. The summed E-state index contributed by atoms with van der Waals surface area (Å²) in [5.74, 6) is -0.584. The fourth-order valence-electron chi connectivity index (χ4n) is 1.71. The number of Topliss-reactive ketones (excluding diaryl/α,β-unsaturated/α-hetero) is 1. The Morgan fingerprint density at radius 2 is 2.10 bits per heavy atom. The number of aromatic nitrogens is 1. The van der Waals surface area contributed by atoms with E-state index in [0.29, 0.717) is 5.01 Å². The largest absolute Gasteiger partial charge is 0.417 e. The maximum atomic E-state index is 12.9. The summed E-state index contributed by atoms with van der Waals surface area (Å²) in [6.07, 6.45) is -4.68. The Labute approximate surface area is 125 Å². The van der Waals surface area contributed by atoms with E-state index in [9.17, 15) is 18.0 Å². The summed E-state index contributed by atoms with van der Waals surface area (Å²) in [4.78, 5) is 16.1. The Balaban J connectivity index is 2.34. The first-order valence-electron chi connectivity index (χ1n) is 5.58. The van der Waals surface area contributed by atoms with Gasteiger partial charge in [-0.25, -0.2) is 4.98 Å². The molecule has 1 aromatic heterocycles. The van der Waals surface area contributed by atoms with Crippen LogP contribution in [0.5, 0.6) is 0 Å². The zero-order valence-corrected chi connectivity index (χ0v) is 12.7. The zero-order chi connectivity index (χ0) is 14.9. The summed E-state index contributed by atoms with van der Waals surface area (Å²) in [5, 5.41) is 2.28. The van der Waals surface area contributed by atoms with Crippen molar-refractivity contribution in [3.8, 4) is 0 Å². The Kier molecular flexibility index (Phi) is 4.29. The van der Waals surface area contributed by atoms with E-state index in [-0.39, 0.29) is 16.5 Å². The molecule has 2 rings (SSSR count). The molecule has 0 bridgehead atoms. The molecule has 0 spiro atoms. The van der Waals surface area contributed by atoms with Gasteiger partial charge in [-0.2, -0.15) is 13.2 Å². The minimum atomic E-state index is -4.56. The van der Waals surface area contributed by atoms with Gasteiger partial charge >= 0.3 is 6.18 Å². The number of hydrogen-bond donors (Lipinski definition) is 0. The summed E-state index contributed by atoms with van der Waals surface area (Å²) in [7, 11) is 0. The van der Waals surface area contributed by atoms with Crippen LogP contribution in [-0.4, -0.2) is 10.8 Å². The van der Waals surface area contributed by atoms with Crippen molar-refractivity contribution >= 4 is 33.0 Å². The SMILES string of the molecule is Cc1csc(CC(=O)c2ccc(Br)cc2C(F)(F)F)n1. The molecule has 2 nitrogen and oxygen atoms in total. The Morgan fingerprint density at radius 1 is 1.40 bits per heavy atom. The van der Waals surface area contributed by atoms with Crippen molar-refractivity contribution in [2.24, 2.45) is 0 Å². The lowest BCUT2D eigenvalue weighted by Gasteiger charge is -2.12. The third-order valence-corrected chi connectivity index (χ3v) is 4.03. The van der Waals surface area contributed by atoms with E-state index in [1.54, 1.807) is 12.3 Å². The highest BCUT2D eigenvalue weighted by molar-refractivity contribution is 9.10. The molecule has 0 atom stereocenters. The lowest BCUT2D eigenvalue weighted by molar-refractivity contribution is -0.138. The molecule has 0 N–H and O–H groups in total. The van der Waals surface area contributed by atoms with Gasteiger partial charge in [0.25, 0.3) is 0 Å². The topological polar surface area (TPSA) is 30.0 Å². The molecule has 7 heteroatoms. The smallest absolute Gasteiger partial charge is 0.294 e. The maximum absolute atomic E-state index is 12.9. The molecule has 20 heavy (non-hydrogen) atoms. The van der Waals surface area contributed by atoms with Gasteiger partial charge in [0.2, 0.25) is 0 Å². The number of thiazole rings is 1. The van der Waals surface area contributed by atoms with Crippen LogP contribution in [-0.2, 0) is 12.6 Å². The molecule has 0 saturated carbocycles. The van der Waals surface area contributed by atoms with Crippen molar-refractivity contribution in [1.82, 2.24) is 4.98 Å². The molecule has 1 heterocycles. The quantitative estimate of drug-likeness (QED) is 0.742. The van der Waals surface area contributed by atoms with Crippen molar-refractivity contribution in [3.05, 3.63) is 49.9 Å². The van der Waals surface area contributed by atoms with Crippen LogP contribution in [0, 0.1) is 6.92 Å². The second kappa shape index (κ2) is 5.65. The molecule has 0 saturated heterocycles. The third-order valence-electron chi connectivity index (χ3n) is 2.57. The molecule has 106 valence electrons. The number of aryl methyl sites for hydroxylation is 1. The molecule has 0 aliphatic carbocycles. The van der Waals surface area contributed by atoms with Gasteiger partial charge < -0.3 is 0 Å². The molecule has 0 aliphatic rings. The molecule has 0 unspecified atom stereocenters. The van der Waals surface area contributed by atoms with Gasteiger partial charge in [0.1, 0.15) is 5.01 Å². The molecular formula is C13H9BrF3NOS. The van der Waals surface area contributed by atoms with Crippen LogP contribution in [0.1, 0.15) is 26.6 Å². The number of rotatable bonds is 3. The highest BCUT2D eigenvalue weighted by atomic mass is 79.9. The first-order valence-corrected chi connectivity index (χ1v) is 7.25. The second-order valence-corrected chi connectivity index (χ2v) is 6.03. The number of halogens is 4. The standard InChI is InChI=1S/C13H9BrF3NOS/c1-7-6-20-12(18-7)5-11(19)9-3-2-8(14)4-10(9)13(15,16)17/h2-4,6H,5H2,1H3. The molecule has 0 fully saturated rings. The Hall–Kier alpha value is -1.21.